The molecule has 1 aromatic rings. The molecule has 1 aromatic carbocycles. The molecule has 1 rings (SSSR count). The first kappa shape index (κ1) is 15.4. The first-order valence-electron chi connectivity index (χ1n) is 4.64. The van der Waals surface area contributed by atoms with E-state index in [0.29, 0.717) is 0 Å². The SMILES string of the molecule is FC(F)(F)[C]=C(C#CC(F)(F)F)c1ccc(Cl)cc1. The molecule has 0 unspecified atom stereocenters. The van der Waals surface area contributed by atoms with E-state index in [-0.39, 0.29) is 10.6 Å². The van der Waals surface area contributed by atoms with Gasteiger partial charge in [-0.3, -0.25) is 0 Å². The number of benzene rings is 1. The molecular formula is C12H4ClF6. The van der Waals surface area contributed by atoms with Crippen molar-refractivity contribution in [2.45, 2.75) is 12.4 Å². The van der Waals surface area contributed by atoms with Crippen LogP contribution >= 0.6 is 11.6 Å². The largest absolute Gasteiger partial charge is 0.458 e. The second-order valence-electron chi connectivity index (χ2n) is 3.25. The van der Waals surface area contributed by atoms with Crippen molar-refractivity contribution in [2.75, 3.05) is 0 Å². The number of hydrogen-bond acceptors (Lipinski definition) is 0. The summed E-state index contributed by atoms with van der Waals surface area (Å²) in [7, 11) is 0. The van der Waals surface area contributed by atoms with Crippen LogP contribution in [0.1, 0.15) is 5.56 Å². The predicted molar refractivity (Wildman–Crippen MR) is 58.0 cm³/mol. The van der Waals surface area contributed by atoms with E-state index in [1.807, 2.05) is 0 Å². The van der Waals surface area contributed by atoms with Crippen molar-refractivity contribution < 1.29 is 26.3 Å². The smallest absolute Gasteiger partial charge is 0.166 e. The quantitative estimate of drug-likeness (QED) is 0.522. The Morgan fingerprint density at radius 2 is 1.42 bits per heavy atom. The summed E-state index contributed by atoms with van der Waals surface area (Å²) in [4.78, 5) is 0. The van der Waals surface area contributed by atoms with Crippen LogP contribution in [0, 0.1) is 17.9 Å². The zero-order chi connectivity index (χ0) is 14.7. The van der Waals surface area contributed by atoms with Crippen LogP contribution in [-0.2, 0) is 0 Å². The molecule has 0 atom stereocenters. The Morgan fingerprint density at radius 1 is 0.895 bits per heavy atom. The molecule has 0 aromatic heterocycles. The minimum absolute atomic E-state index is 0.154. The average Bonchev–Trinajstić information content (AvgIpc) is 2.23. The molecule has 0 amide bonds. The summed E-state index contributed by atoms with van der Waals surface area (Å²) in [5, 5.41) is 0.235. The monoisotopic (exact) mass is 297 g/mol. The summed E-state index contributed by atoms with van der Waals surface area (Å²) >= 11 is 5.53. The van der Waals surface area contributed by atoms with Crippen LogP contribution < -0.4 is 0 Å². The van der Waals surface area contributed by atoms with Gasteiger partial charge in [0.1, 0.15) is 0 Å². The number of halogens is 7. The number of hydrogen-bond donors (Lipinski definition) is 0. The summed E-state index contributed by atoms with van der Waals surface area (Å²) in [6, 6.07) is 4.73. The zero-order valence-corrected chi connectivity index (χ0v) is 9.71. The number of allylic oxidation sites excluding steroid dienone is 2. The van der Waals surface area contributed by atoms with Gasteiger partial charge in [-0.25, -0.2) is 0 Å². The van der Waals surface area contributed by atoms with Gasteiger partial charge >= 0.3 is 12.4 Å². The van der Waals surface area contributed by atoms with Gasteiger partial charge in [-0.2, -0.15) is 26.3 Å². The molecule has 1 radical (unpaired) electrons. The lowest BCUT2D eigenvalue weighted by molar-refractivity contribution is -0.0870. The van der Waals surface area contributed by atoms with Gasteiger partial charge in [0.05, 0.1) is 6.08 Å². The Kier molecular flexibility index (Phi) is 4.53. The van der Waals surface area contributed by atoms with Crippen molar-refractivity contribution in [1.29, 1.82) is 0 Å². The van der Waals surface area contributed by atoms with Crippen molar-refractivity contribution in [3.63, 3.8) is 0 Å². The molecule has 7 heteroatoms. The molecule has 0 heterocycles. The van der Waals surface area contributed by atoms with Crippen LogP contribution in [0.25, 0.3) is 5.57 Å². The Hall–Kier alpha value is -1.61. The molecule has 0 spiro atoms. The minimum atomic E-state index is -4.89. The van der Waals surface area contributed by atoms with Crippen LogP contribution in [-0.4, -0.2) is 12.4 Å². The molecule has 0 nitrogen and oxygen atoms in total. The van der Waals surface area contributed by atoms with Crippen LogP contribution in [0.4, 0.5) is 26.3 Å². The molecular weight excluding hydrogens is 294 g/mol. The Bertz CT molecular complexity index is 525. The number of alkyl halides is 6. The minimum Gasteiger partial charge on any atom is -0.166 e. The van der Waals surface area contributed by atoms with E-state index in [9.17, 15) is 26.3 Å². The van der Waals surface area contributed by atoms with Gasteiger partial charge in [-0.1, -0.05) is 29.7 Å². The molecule has 0 saturated heterocycles. The van der Waals surface area contributed by atoms with E-state index >= 15 is 0 Å². The lowest BCUT2D eigenvalue weighted by Gasteiger charge is -2.03. The van der Waals surface area contributed by atoms with E-state index in [4.69, 9.17) is 11.6 Å². The zero-order valence-electron chi connectivity index (χ0n) is 8.96. The summed E-state index contributed by atoms with van der Waals surface area (Å²) in [5.41, 5.74) is -1.06. The fourth-order valence-electron chi connectivity index (χ4n) is 1.07. The Balaban J connectivity index is 3.24. The maximum absolute atomic E-state index is 12.2. The molecule has 0 N–H and O–H groups in total. The highest BCUT2D eigenvalue weighted by Crippen LogP contribution is 2.24. The van der Waals surface area contributed by atoms with E-state index in [1.54, 1.807) is 0 Å². The lowest BCUT2D eigenvalue weighted by Crippen LogP contribution is -2.05. The van der Waals surface area contributed by atoms with Gasteiger partial charge in [0.2, 0.25) is 0 Å². The highest BCUT2D eigenvalue weighted by Gasteiger charge is 2.27. The lowest BCUT2D eigenvalue weighted by atomic mass is 10.1. The van der Waals surface area contributed by atoms with Gasteiger partial charge < -0.3 is 0 Å². The van der Waals surface area contributed by atoms with E-state index in [1.165, 1.54) is 18.1 Å². The summed E-state index contributed by atoms with van der Waals surface area (Å²) in [6.45, 7) is 0. The van der Waals surface area contributed by atoms with Crippen molar-refractivity contribution in [3.8, 4) is 11.8 Å². The molecule has 0 saturated carbocycles. The molecule has 0 aliphatic heterocycles. The number of rotatable bonds is 1. The molecule has 0 aliphatic rings. The van der Waals surface area contributed by atoms with Crippen LogP contribution in [0.3, 0.4) is 0 Å². The average molecular weight is 298 g/mol. The third-order valence-electron chi connectivity index (χ3n) is 1.73. The van der Waals surface area contributed by atoms with Gasteiger partial charge in [-0.15, -0.1) is 0 Å². The second kappa shape index (κ2) is 5.57. The Morgan fingerprint density at radius 3 is 1.84 bits per heavy atom. The van der Waals surface area contributed by atoms with Crippen molar-refractivity contribution in [1.82, 2.24) is 0 Å². The van der Waals surface area contributed by atoms with E-state index < -0.39 is 17.9 Å². The first-order valence-corrected chi connectivity index (χ1v) is 5.02. The molecule has 0 fully saturated rings. The highest BCUT2D eigenvalue weighted by atomic mass is 35.5. The van der Waals surface area contributed by atoms with Crippen LogP contribution in [0.2, 0.25) is 5.02 Å². The third-order valence-corrected chi connectivity index (χ3v) is 1.98. The molecule has 0 bridgehead atoms. The highest BCUT2D eigenvalue weighted by molar-refractivity contribution is 6.30. The fourth-order valence-corrected chi connectivity index (χ4v) is 1.19. The maximum atomic E-state index is 12.2. The predicted octanol–water partition coefficient (Wildman–Crippen LogP) is 4.65. The van der Waals surface area contributed by atoms with Crippen LogP contribution in [0.15, 0.2) is 24.3 Å². The van der Waals surface area contributed by atoms with E-state index in [2.05, 4.69) is 0 Å². The third kappa shape index (κ3) is 6.20. The second-order valence-corrected chi connectivity index (χ2v) is 3.69. The van der Waals surface area contributed by atoms with Crippen molar-refractivity contribution >= 4 is 17.2 Å². The van der Waals surface area contributed by atoms with Crippen molar-refractivity contribution in [2.24, 2.45) is 0 Å². The van der Waals surface area contributed by atoms with Gasteiger partial charge in [0.25, 0.3) is 0 Å². The topological polar surface area (TPSA) is 0 Å². The van der Waals surface area contributed by atoms with Gasteiger partial charge in [0.15, 0.2) is 0 Å². The molecule has 101 valence electrons. The van der Waals surface area contributed by atoms with Crippen molar-refractivity contribution in [3.05, 3.63) is 40.9 Å². The summed E-state index contributed by atoms with van der Waals surface area (Å²) < 4.78 is 72.3. The summed E-state index contributed by atoms with van der Waals surface area (Å²) in [5.74, 6) is 2.19. The molecule has 0 aliphatic carbocycles. The summed E-state index contributed by atoms with van der Waals surface area (Å²) in [6.07, 6.45) is -8.81. The molecule has 19 heavy (non-hydrogen) atoms. The van der Waals surface area contributed by atoms with Gasteiger partial charge in [0, 0.05) is 16.5 Å². The fraction of sp³-hybridized carbons (Fsp3) is 0.167. The standard InChI is InChI=1S/C12H4ClF6/c13-10-3-1-8(2-4-10)9(7-12(17,18)19)5-6-11(14,15)16/h1-4H. The van der Waals surface area contributed by atoms with Crippen LogP contribution in [0.5, 0.6) is 0 Å². The Labute approximate surface area is 109 Å². The maximum Gasteiger partial charge on any atom is 0.458 e. The van der Waals surface area contributed by atoms with E-state index in [0.717, 1.165) is 24.1 Å². The first-order chi connectivity index (χ1) is 8.57. The normalized spacial score (nSPS) is 12.9. The van der Waals surface area contributed by atoms with Gasteiger partial charge in [-0.05, 0) is 17.7 Å².